The zero-order valence-electron chi connectivity index (χ0n) is 19.1. The lowest BCUT2D eigenvalue weighted by molar-refractivity contribution is -0.116. The summed E-state index contributed by atoms with van der Waals surface area (Å²) in [5.74, 6) is -0.00830. The van der Waals surface area contributed by atoms with E-state index in [-0.39, 0.29) is 41.5 Å². The van der Waals surface area contributed by atoms with Crippen molar-refractivity contribution in [3.05, 3.63) is 60.2 Å². The first kappa shape index (κ1) is 24.0. The number of anilines is 1. The van der Waals surface area contributed by atoms with Gasteiger partial charge in [0.05, 0.1) is 4.90 Å². The Balaban J connectivity index is 1.34. The Morgan fingerprint density at radius 2 is 1.74 bits per heavy atom. The van der Waals surface area contributed by atoms with E-state index >= 15 is 0 Å². The molecule has 2 heterocycles. The molecule has 1 aromatic heterocycles. The maximum Gasteiger partial charge on any atom is 0.243 e. The molecular formula is C24H27FN4O4S. The number of nitrogens with one attached hydrogen (secondary N) is 1. The molecule has 0 bridgehead atoms. The van der Waals surface area contributed by atoms with Crippen molar-refractivity contribution in [1.82, 2.24) is 14.4 Å². The van der Waals surface area contributed by atoms with Crippen LogP contribution in [0.15, 0.2) is 57.9 Å². The number of halogens is 1. The minimum atomic E-state index is -3.60. The van der Waals surface area contributed by atoms with E-state index in [1.54, 1.807) is 28.6 Å². The number of aromatic nitrogens is 2. The van der Waals surface area contributed by atoms with Gasteiger partial charge in [0.1, 0.15) is 5.82 Å². The van der Waals surface area contributed by atoms with Crippen molar-refractivity contribution in [3.8, 4) is 11.4 Å². The first-order chi connectivity index (χ1) is 16.2. The molecule has 1 fully saturated rings. The highest BCUT2D eigenvalue weighted by molar-refractivity contribution is 7.89. The standard InChI is InChI=1S/C24H27FN4O4S/c1-16-4-3-5-17(2)29(16)34(31,32)21-12-10-20(11-13-21)26-22(30)14-15-23-27-24(28-33-23)18-6-8-19(25)9-7-18/h6-13,16-17H,3-5,14-15H2,1-2H3,(H,26,30)/t16-,17+. The van der Waals surface area contributed by atoms with Crippen molar-refractivity contribution in [1.29, 1.82) is 0 Å². The summed E-state index contributed by atoms with van der Waals surface area (Å²) in [5.41, 5.74) is 1.12. The lowest BCUT2D eigenvalue weighted by Gasteiger charge is -2.37. The molecule has 0 unspecified atom stereocenters. The second-order valence-corrected chi connectivity index (χ2v) is 10.4. The molecule has 1 aliphatic rings. The Kier molecular flexibility index (Phi) is 7.08. The predicted octanol–water partition coefficient (Wildman–Crippen LogP) is 4.40. The molecule has 0 aliphatic carbocycles. The Labute approximate surface area is 198 Å². The third-order valence-corrected chi connectivity index (χ3v) is 8.11. The summed E-state index contributed by atoms with van der Waals surface area (Å²) < 4.78 is 46.1. The lowest BCUT2D eigenvalue weighted by atomic mass is 10.0. The summed E-state index contributed by atoms with van der Waals surface area (Å²) in [6.07, 6.45) is 3.06. The maximum atomic E-state index is 13.1. The molecule has 2 aromatic carbocycles. The number of piperidine rings is 1. The van der Waals surface area contributed by atoms with Crippen molar-refractivity contribution < 1.29 is 22.1 Å². The van der Waals surface area contributed by atoms with Crippen LogP contribution < -0.4 is 5.32 Å². The fourth-order valence-electron chi connectivity index (χ4n) is 4.22. The minimum Gasteiger partial charge on any atom is -0.339 e. The second kappa shape index (κ2) is 10.0. The van der Waals surface area contributed by atoms with Crippen molar-refractivity contribution in [3.63, 3.8) is 0 Å². The fourth-order valence-corrected chi connectivity index (χ4v) is 6.10. The Morgan fingerprint density at radius 1 is 1.09 bits per heavy atom. The normalized spacial score (nSPS) is 19.1. The second-order valence-electron chi connectivity index (χ2n) is 8.56. The summed E-state index contributed by atoms with van der Waals surface area (Å²) in [6.45, 7) is 3.88. The Bertz CT molecular complexity index is 1230. The SMILES string of the molecule is C[C@@H]1CCC[C@H](C)N1S(=O)(=O)c1ccc(NC(=O)CCc2nc(-c3ccc(F)cc3)no2)cc1. The third-order valence-electron chi connectivity index (χ3n) is 5.96. The molecule has 0 spiro atoms. The smallest absolute Gasteiger partial charge is 0.243 e. The number of carbonyl (C=O) groups is 1. The number of carbonyl (C=O) groups excluding carboxylic acids is 1. The maximum absolute atomic E-state index is 13.1. The first-order valence-corrected chi connectivity index (χ1v) is 12.7. The number of rotatable bonds is 7. The summed E-state index contributed by atoms with van der Waals surface area (Å²) in [4.78, 5) is 16.8. The van der Waals surface area contributed by atoms with Crippen molar-refractivity contribution in [2.75, 3.05) is 5.32 Å². The molecule has 0 saturated carbocycles. The number of hydrogen-bond acceptors (Lipinski definition) is 6. The topological polar surface area (TPSA) is 105 Å². The predicted molar refractivity (Wildman–Crippen MR) is 125 cm³/mol. The van der Waals surface area contributed by atoms with Crippen LogP contribution in [0.3, 0.4) is 0 Å². The highest BCUT2D eigenvalue weighted by Gasteiger charge is 2.35. The average Bonchev–Trinajstić information content (AvgIpc) is 3.27. The zero-order chi connectivity index (χ0) is 24.3. The minimum absolute atomic E-state index is 0.0404. The summed E-state index contributed by atoms with van der Waals surface area (Å²) in [7, 11) is -3.60. The number of hydrogen-bond donors (Lipinski definition) is 1. The molecule has 180 valence electrons. The highest BCUT2D eigenvalue weighted by Crippen LogP contribution is 2.30. The van der Waals surface area contributed by atoms with Crippen LogP contribution in [0.4, 0.5) is 10.1 Å². The van der Waals surface area contributed by atoms with Crippen LogP contribution in [-0.2, 0) is 21.2 Å². The fraction of sp³-hybridized carbons (Fsp3) is 0.375. The molecule has 4 rings (SSSR count). The number of aryl methyl sites for hydroxylation is 1. The van der Waals surface area contributed by atoms with Crippen LogP contribution in [0, 0.1) is 5.82 Å². The van der Waals surface area contributed by atoms with E-state index < -0.39 is 10.0 Å². The number of nitrogens with zero attached hydrogens (tertiary/aromatic N) is 3. The van der Waals surface area contributed by atoms with Gasteiger partial charge in [-0.05, 0) is 75.2 Å². The van der Waals surface area contributed by atoms with Gasteiger partial charge in [0.2, 0.25) is 27.6 Å². The van der Waals surface area contributed by atoms with Gasteiger partial charge in [-0.25, -0.2) is 12.8 Å². The molecule has 3 aromatic rings. The van der Waals surface area contributed by atoms with Gasteiger partial charge >= 0.3 is 0 Å². The van der Waals surface area contributed by atoms with Gasteiger partial charge in [0.25, 0.3) is 0 Å². The van der Waals surface area contributed by atoms with Crippen LogP contribution >= 0.6 is 0 Å². The Hall–Kier alpha value is -3.11. The molecule has 10 heteroatoms. The van der Waals surface area contributed by atoms with E-state index in [2.05, 4.69) is 15.5 Å². The molecule has 1 N–H and O–H groups in total. The molecule has 8 nitrogen and oxygen atoms in total. The third kappa shape index (κ3) is 5.34. The van der Waals surface area contributed by atoms with Crippen LogP contribution in [0.2, 0.25) is 0 Å². The van der Waals surface area contributed by atoms with Crippen molar-refractivity contribution in [2.45, 2.75) is 62.9 Å². The molecule has 2 atom stereocenters. The van der Waals surface area contributed by atoms with Gasteiger partial charge in [0, 0.05) is 36.2 Å². The summed E-state index contributed by atoms with van der Waals surface area (Å²) in [5, 5.41) is 6.61. The van der Waals surface area contributed by atoms with Crippen molar-refractivity contribution >= 4 is 21.6 Å². The number of benzene rings is 2. The first-order valence-electron chi connectivity index (χ1n) is 11.3. The lowest BCUT2D eigenvalue weighted by Crippen LogP contribution is -2.47. The van der Waals surface area contributed by atoms with Gasteiger partial charge < -0.3 is 9.84 Å². The molecule has 0 radical (unpaired) electrons. The molecular weight excluding hydrogens is 459 g/mol. The molecule has 1 saturated heterocycles. The van der Waals surface area contributed by atoms with Crippen LogP contribution in [0.1, 0.15) is 45.4 Å². The summed E-state index contributed by atoms with van der Waals surface area (Å²) >= 11 is 0. The molecule has 1 amide bonds. The van der Waals surface area contributed by atoms with Gasteiger partial charge in [-0.1, -0.05) is 11.6 Å². The van der Waals surface area contributed by atoms with E-state index in [0.29, 0.717) is 23.0 Å². The van der Waals surface area contributed by atoms with E-state index in [0.717, 1.165) is 19.3 Å². The van der Waals surface area contributed by atoms with Crippen LogP contribution in [-0.4, -0.2) is 40.9 Å². The highest BCUT2D eigenvalue weighted by atomic mass is 32.2. The zero-order valence-corrected chi connectivity index (χ0v) is 19.9. The number of sulfonamides is 1. The van der Waals surface area contributed by atoms with E-state index in [1.165, 1.54) is 24.3 Å². The largest absolute Gasteiger partial charge is 0.339 e. The van der Waals surface area contributed by atoms with Crippen molar-refractivity contribution in [2.24, 2.45) is 0 Å². The van der Waals surface area contributed by atoms with E-state index in [9.17, 15) is 17.6 Å². The van der Waals surface area contributed by atoms with E-state index in [4.69, 9.17) is 4.52 Å². The monoisotopic (exact) mass is 486 g/mol. The van der Waals surface area contributed by atoms with E-state index in [1.807, 2.05) is 13.8 Å². The summed E-state index contributed by atoms with van der Waals surface area (Å²) in [6, 6.07) is 11.8. The molecule has 34 heavy (non-hydrogen) atoms. The molecule has 1 aliphatic heterocycles. The van der Waals surface area contributed by atoms with Gasteiger partial charge in [-0.3, -0.25) is 4.79 Å². The van der Waals surface area contributed by atoms with Crippen LogP contribution in [0.5, 0.6) is 0 Å². The van der Waals surface area contributed by atoms with Crippen LogP contribution in [0.25, 0.3) is 11.4 Å². The van der Waals surface area contributed by atoms with Gasteiger partial charge in [0.15, 0.2) is 0 Å². The van der Waals surface area contributed by atoms with Gasteiger partial charge in [-0.2, -0.15) is 9.29 Å². The number of amides is 1. The Morgan fingerprint density at radius 3 is 2.38 bits per heavy atom. The average molecular weight is 487 g/mol. The quantitative estimate of drug-likeness (QED) is 0.531. The van der Waals surface area contributed by atoms with Gasteiger partial charge in [-0.15, -0.1) is 0 Å².